The van der Waals surface area contributed by atoms with Crippen LogP contribution in [0, 0.1) is 0 Å². The van der Waals surface area contributed by atoms with E-state index in [0.717, 1.165) is 122 Å². The highest BCUT2D eigenvalue weighted by atomic mass is 16.6. The van der Waals surface area contributed by atoms with Crippen LogP contribution in [0.25, 0.3) is 0 Å². The first kappa shape index (κ1) is 68.6. The zero-order chi connectivity index (χ0) is 52.9. The molecule has 0 heterocycles. The molecule has 0 aliphatic rings. The highest BCUT2D eigenvalue weighted by molar-refractivity contribution is 5.71. The van der Waals surface area contributed by atoms with E-state index in [9.17, 15) is 14.4 Å². The summed E-state index contributed by atoms with van der Waals surface area (Å²) in [7, 11) is 0. The van der Waals surface area contributed by atoms with E-state index in [1.807, 2.05) is 12.2 Å². The summed E-state index contributed by atoms with van der Waals surface area (Å²) in [4.78, 5) is 38.2. The van der Waals surface area contributed by atoms with E-state index in [2.05, 4.69) is 142 Å². The van der Waals surface area contributed by atoms with Gasteiger partial charge in [0.2, 0.25) is 0 Å². The Balaban J connectivity index is 4.59. The number of unbranched alkanes of at least 4 members (excludes halogenated alkanes) is 22. The molecular weight excluding hydrogens is 901 g/mol. The molecule has 1 unspecified atom stereocenters. The molecule has 0 aromatic carbocycles. The van der Waals surface area contributed by atoms with Gasteiger partial charge in [0.15, 0.2) is 6.10 Å². The van der Waals surface area contributed by atoms with E-state index in [1.165, 1.54) is 83.5 Å². The van der Waals surface area contributed by atoms with Gasteiger partial charge >= 0.3 is 17.9 Å². The maximum absolute atomic E-state index is 12.9. The molecule has 0 aromatic rings. The van der Waals surface area contributed by atoms with Crippen LogP contribution in [0.15, 0.2) is 134 Å². The van der Waals surface area contributed by atoms with Gasteiger partial charge in [0.05, 0.1) is 0 Å². The van der Waals surface area contributed by atoms with Crippen molar-refractivity contribution in [3.05, 3.63) is 134 Å². The molecule has 0 N–H and O–H groups in total. The molecule has 73 heavy (non-hydrogen) atoms. The Morgan fingerprint density at radius 3 is 1.01 bits per heavy atom. The Morgan fingerprint density at radius 1 is 0.301 bits per heavy atom. The highest BCUT2D eigenvalue weighted by Crippen LogP contribution is 2.13. The van der Waals surface area contributed by atoms with Crippen LogP contribution < -0.4 is 0 Å². The van der Waals surface area contributed by atoms with E-state index in [0.29, 0.717) is 12.8 Å². The fourth-order valence-electron chi connectivity index (χ4n) is 7.75. The monoisotopic (exact) mass is 1010 g/mol. The Hall–Kier alpha value is -4.45. The number of esters is 3. The smallest absolute Gasteiger partial charge is 0.306 e. The fraction of sp³-hybridized carbons (Fsp3) is 0.627. The number of carbonyl (C=O) groups is 3. The van der Waals surface area contributed by atoms with Crippen LogP contribution in [-0.4, -0.2) is 37.2 Å². The lowest BCUT2D eigenvalue weighted by atomic mass is 10.1. The second-order valence-electron chi connectivity index (χ2n) is 19.3. The molecule has 0 saturated carbocycles. The molecule has 0 aliphatic carbocycles. The van der Waals surface area contributed by atoms with Crippen LogP contribution in [0.5, 0.6) is 0 Å². The zero-order valence-electron chi connectivity index (χ0n) is 47.1. The predicted molar refractivity (Wildman–Crippen MR) is 316 cm³/mol. The number of rotatable bonds is 52. The summed E-state index contributed by atoms with van der Waals surface area (Å²) in [5.41, 5.74) is 0. The summed E-state index contributed by atoms with van der Waals surface area (Å²) in [5, 5.41) is 0. The van der Waals surface area contributed by atoms with Crippen LogP contribution in [0.4, 0.5) is 0 Å². The molecule has 0 spiro atoms. The Morgan fingerprint density at radius 2 is 0.616 bits per heavy atom. The van der Waals surface area contributed by atoms with Gasteiger partial charge in [0.1, 0.15) is 13.2 Å². The minimum absolute atomic E-state index is 0.122. The van der Waals surface area contributed by atoms with E-state index in [1.54, 1.807) is 0 Å². The lowest BCUT2D eigenvalue weighted by Crippen LogP contribution is -2.30. The lowest BCUT2D eigenvalue weighted by Gasteiger charge is -2.18. The zero-order valence-corrected chi connectivity index (χ0v) is 47.1. The van der Waals surface area contributed by atoms with Crippen molar-refractivity contribution in [3.63, 3.8) is 0 Å². The summed E-state index contributed by atoms with van der Waals surface area (Å²) < 4.78 is 16.8. The molecule has 1 atom stereocenters. The molecule has 0 aromatic heterocycles. The number of allylic oxidation sites excluding steroid dienone is 22. The first-order valence-corrected chi connectivity index (χ1v) is 29.7. The average molecular weight is 1010 g/mol. The topological polar surface area (TPSA) is 78.9 Å². The molecule has 412 valence electrons. The Labute approximate surface area is 449 Å². The summed E-state index contributed by atoms with van der Waals surface area (Å²) in [5.74, 6) is -1.05. The third-order valence-corrected chi connectivity index (χ3v) is 12.2. The summed E-state index contributed by atoms with van der Waals surface area (Å²) >= 11 is 0. The minimum atomic E-state index is -0.832. The van der Waals surface area contributed by atoms with E-state index in [4.69, 9.17) is 14.2 Å². The van der Waals surface area contributed by atoms with Gasteiger partial charge in [-0.1, -0.05) is 257 Å². The van der Waals surface area contributed by atoms with Crippen molar-refractivity contribution in [2.45, 2.75) is 258 Å². The minimum Gasteiger partial charge on any atom is -0.462 e. The third-order valence-electron chi connectivity index (χ3n) is 12.2. The van der Waals surface area contributed by atoms with E-state index < -0.39 is 6.10 Å². The van der Waals surface area contributed by atoms with Crippen LogP contribution in [0.1, 0.15) is 252 Å². The average Bonchev–Trinajstić information content (AvgIpc) is 3.39. The molecule has 6 nitrogen and oxygen atoms in total. The number of hydrogen-bond donors (Lipinski definition) is 0. The normalized spacial score (nSPS) is 13.1. The third kappa shape index (κ3) is 58.3. The first-order valence-electron chi connectivity index (χ1n) is 29.7. The van der Waals surface area contributed by atoms with Crippen molar-refractivity contribution in [3.8, 4) is 0 Å². The maximum atomic E-state index is 12.9. The highest BCUT2D eigenvalue weighted by Gasteiger charge is 2.19. The first-order chi connectivity index (χ1) is 36.0. The van der Waals surface area contributed by atoms with Crippen molar-refractivity contribution >= 4 is 17.9 Å². The lowest BCUT2D eigenvalue weighted by molar-refractivity contribution is -0.166. The fourth-order valence-corrected chi connectivity index (χ4v) is 7.75. The van der Waals surface area contributed by atoms with Crippen molar-refractivity contribution < 1.29 is 28.6 Å². The van der Waals surface area contributed by atoms with Gasteiger partial charge in [0, 0.05) is 19.3 Å². The van der Waals surface area contributed by atoms with Crippen LogP contribution in [0.2, 0.25) is 0 Å². The maximum Gasteiger partial charge on any atom is 0.306 e. The molecule has 0 saturated heterocycles. The van der Waals surface area contributed by atoms with Gasteiger partial charge in [-0.25, -0.2) is 0 Å². The molecule has 0 bridgehead atoms. The Bertz CT molecular complexity index is 1580. The molecule has 0 radical (unpaired) electrons. The second kappa shape index (κ2) is 60.1. The quantitative estimate of drug-likeness (QED) is 0.0199. The van der Waals surface area contributed by atoms with Gasteiger partial charge in [-0.05, 0) is 109 Å². The summed E-state index contributed by atoms with van der Waals surface area (Å²) in [6.07, 6.45) is 84.5. The predicted octanol–water partition coefficient (Wildman–Crippen LogP) is 20.2. The molecule has 0 rings (SSSR count). The molecule has 0 amide bonds. The number of carbonyl (C=O) groups excluding carboxylic acids is 3. The van der Waals surface area contributed by atoms with Crippen LogP contribution >= 0.6 is 0 Å². The van der Waals surface area contributed by atoms with Gasteiger partial charge < -0.3 is 14.2 Å². The van der Waals surface area contributed by atoms with E-state index >= 15 is 0 Å². The van der Waals surface area contributed by atoms with Crippen molar-refractivity contribution in [2.75, 3.05) is 13.2 Å². The van der Waals surface area contributed by atoms with Crippen LogP contribution in [0.3, 0.4) is 0 Å². The summed E-state index contributed by atoms with van der Waals surface area (Å²) in [6, 6.07) is 0. The number of ether oxygens (including phenoxy) is 3. The van der Waals surface area contributed by atoms with Gasteiger partial charge in [0.25, 0.3) is 0 Å². The second-order valence-corrected chi connectivity index (χ2v) is 19.3. The standard InChI is InChI=1S/C67H108O6/c1-4-7-10-13-16-19-22-25-28-31-34-37-39-42-45-48-51-54-57-60-66(69)72-63-64(73-67(70)61-58-55-52-49-46-43-40-36-33-30-27-24-21-18-15-12-9-6-3)62-71-65(68)59-56-53-50-47-44-41-38-35-32-29-26-23-20-17-14-11-8-5-2/h7,10,16,19,24-25,27-30,32-38,40,42,45,51,54,64H,4-6,8-9,11-15,17-18,20-23,26,31,39,41,43-44,46-50,52-53,55-63H2,1-3H3/b10-7-,19-16-,27-24-,28-25-,32-29-,33-30-,37-34-,38-35-,40-36-,45-42-,54-51-. The van der Waals surface area contributed by atoms with Crippen molar-refractivity contribution in [1.29, 1.82) is 0 Å². The Kier molecular flexibility index (Phi) is 56.4. The van der Waals surface area contributed by atoms with Gasteiger partial charge in [-0.3, -0.25) is 14.4 Å². The SMILES string of the molecule is CC/C=C\C/C=C\C/C=C\C/C=C\C/C=C\C/C=C\CCC(=O)OCC(COC(=O)CCCCCCC/C=C\C=C/CCCCCCCCC)OC(=O)CCCCCCC\C=C/C=C\C=C/CCCCCCC. The van der Waals surface area contributed by atoms with Gasteiger partial charge in [-0.15, -0.1) is 0 Å². The number of hydrogen-bond acceptors (Lipinski definition) is 6. The van der Waals surface area contributed by atoms with Crippen molar-refractivity contribution in [2.24, 2.45) is 0 Å². The molecular formula is C67H108O6. The van der Waals surface area contributed by atoms with Gasteiger partial charge in [-0.2, -0.15) is 0 Å². The molecule has 0 aliphatic heterocycles. The molecule has 6 heteroatoms. The largest absolute Gasteiger partial charge is 0.462 e. The summed E-state index contributed by atoms with van der Waals surface area (Å²) in [6.45, 7) is 6.41. The van der Waals surface area contributed by atoms with E-state index in [-0.39, 0.29) is 44.0 Å². The molecule has 0 fully saturated rings. The van der Waals surface area contributed by atoms with Crippen LogP contribution in [-0.2, 0) is 28.6 Å². The van der Waals surface area contributed by atoms with Crippen molar-refractivity contribution in [1.82, 2.24) is 0 Å².